The molecule has 0 spiro atoms. The number of hydrogen-bond acceptors (Lipinski definition) is 6. The lowest BCUT2D eigenvalue weighted by atomic mass is 9.75. The van der Waals surface area contributed by atoms with Gasteiger partial charge in [0.25, 0.3) is 0 Å². The van der Waals surface area contributed by atoms with Gasteiger partial charge >= 0.3 is 12.0 Å². The summed E-state index contributed by atoms with van der Waals surface area (Å²) < 4.78 is 12.3. The monoisotopic (exact) mass is 280 g/mol. The Morgan fingerprint density at radius 3 is 2.90 bits per heavy atom. The second kappa shape index (κ2) is 6.02. The summed E-state index contributed by atoms with van der Waals surface area (Å²) in [6.45, 7) is 4.48. The van der Waals surface area contributed by atoms with Crippen LogP contribution in [0, 0.1) is 5.41 Å². The Morgan fingerprint density at radius 2 is 2.35 bits per heavy atom. The second-order valence-corrected chi connectivity index (χ2v) is 5.13. The van der Waals surface area contributed by atoms with E-state index in [1.165, 1.54) is 10.3 Å². The molecule has 1 unspecified atom stereocenters. The van der Waals surface area contributed by atoms with Crippen LogP contribution in [0.2, 0.25) is 0 Å². The smallest absolute Gasteiger partial charge is 0.335 e. The summed E-state index contributed by atoms with van der Waals surface area (Å²) >= 11 is 0. The van der Waals surface area contributed by atoms with Crippen LogP contribution in [0.1, 0.15) is 33.1 Å². The van der Waals surface area contributed by atoms with Crippen molar-refractivity contribution in [3.63, 3.8) is 0 Å². The van der Waals surface area contributed by atoms with Crippen LogP contribution in [-0.2, 0) is 16.6 Å². The zero-order chi connectivity index (χ0) is 14.6. The van der Waals surface area contributed by atoms with E-state index in [-0.39, 0.29) is 12.6 Å². The quantitative estimate of drug-likeness (QED) is 0.597. The third-order valence-corrected chi connectivity index (χ3v) is 3.61. The molecule has 0 aromatic carbocycles. The van der Waals surface area contributed by atoms with Crippen molar-refractivity contribution in [1.29, 1.82) is 0 Å². The van der Waals surface area contributed by atoms with Gasteiger partial charge in [0.1, 0.15) is 12.0 Å². The van der Waals surface area contributed by atoms with Gasteiger partial charge in [0.15, 0.2) is 0 Å². The van der Waals surface area contributed by atoms with E-state index in [1.807, 2.05) is 6.92 Å². The number of nitrogens with zero attached hydrogens (tertiary/aromatic N) is 4. The summed E-state index contributed by atoms with van der Waals surface area (Å²) in [5.41, 5.74) is 0.659. The van der Waals surface area contributed by atoms with E-state index in [9.17, 15) is 4.79 Å². The SMILES string of the molecule is CCOC(=O)C1(COc2nnnn2C)CC=C(C)CC1. The van der Waals surface area contributed by atoms with Crippen LogP contribution in [0.4, 0.5) is 0 Å². The van der Waals surface area contributed by atoms with Crippen molar-refractivity contribution in [3.05, 3.63) is 11.6 Å². The molecule has 0 fully saturated rings. The zero-order valence-corrected chi connectivity index (χ0v) is 12.1. The zero-order valence-electron chi connectivity index (χ0n) is 12.1. The van der Waals surface area contributed by atoms with Crippen molar-refractivity contribution in [2.24, 2.45) is 12.5 Å². The van der Waals surface area contributed by atoms with Gasteiger partial charge < -0.3 is 9.47 Å². The highest BCUT2D eigenvalue weighted by Gasteiger charge is 2.41. The maximum atomic E-state index is 12.3. The molecule has 7 nitrogen and oxygen atoms in total. The summed E-state index contributed by atoms with van der Waals surface area (Å²) in [5, 5.41) is 11.0. The first-order valence-corrected chi connectivity index (χ1v) is 6.75. The van der Waals surface area contributed by atoms with Gasteiger partial charge in [-0.25, -0.2) is 0 Å². The summed E-state index contributed by atoms with van der Waals surface area (Å²) in [4.78, 5) is 12.3. The number of aryl methyl sites for hydroxylation is 1. The van der Waals surface area contributed by atoms with Gasteiger partial charge in [0, 0.05) is 7.05 Å². The minimum atomic E-state index is -0.637. The van der Waals surface area contributed by atoms with Crippen molar-refractivity contribution in [1.82, 2.24) is 20.2 Å². The Kier molecular flexibility index (Phi) is 4.36. The largest absolute Gasteiger partial charge is 0.465 e. The number of carbonyl (C=O) groups excluding carboxylic acids is 1. The highest BCUT2D eigenvalue weighted by Crippen LogP contribution is 2.37. The highest BCUT2D eigenvalue weighted by atomic mass is 16.5. The fraction of sp³-hybridized carbons (Fsp3) is 0.692. The average molecular weight is 280 g/mol. The number of tetrazole rings is 1. The Labute approximate surface area is 117 Å². The van der Waals surface area contributed by atoms with Crippen molar-refractivity contribution in [2.45, 2.75) is 33.1 Å². The lowest BCUT2D eigenvalue weighted by molar-refractivity contribution is -0.158. The standard InChI is InChI=1S/C13H20N4O3/c1-4-19-11(18)13(7-5-10(2)6-8-13)9-20-12-14-15-16-17(12)3/h5H,4,6-9H2,1-3H3. The van der Waals surface area contributed by atoms with Crippen LogP contribution in [0.5, 0.6) is 6.01 Å². The number of rotatable bonds is 5. The predicted octanol–water partition coefficient (Wildman–Crippen LogP) is 1.27. The first-order chi connectivity index (χ1) is 9.57. The van der Waals surface area contributed by atoms with Crippen molar-refractivity contribution in [3.8, 4) is 6.01 Å². The number of esters is 1. The fourth-order valence-corrected chi connectivity index (χ4v) is 2.22. The molecule has 0 saturated heterocycles. The lowest BCUT2D eigenvalue weighted by Crippen LogP contribution is -2.40. The van der Waals surface area contributed by atoms with Gasteiger partial charge in [-0.3, -0.25) is 4.79 Å². The molecule has 1 aromatic heterocycles. The van der Waals surface area contributed by atoms with Crippen LogP contribution < -0.4 is 4.74 Å². The van der Waals surface area contributed by atoms with Gasteiger partial charge in [0.2, 0.25) is 0 Å². The van der Waals surface area contributed by atoms with Gasteiger partial charge in [-0.15, -0.1) is 0 Å². The van der Waals surface area contributed by atoms with Crippen molar-refractivity contribution in [2.75, 3.05) is 13.2 Å². The van der Waals surface area contributed by atoms with Crippen LogP contribution in [0.3, 0.4) is 0 Å². The molecule has 1 atom stereocenters. The third kappa shape index (κ3) is 2.97. The maximum absolute atomic E-state index is 12.3. The summed E-state index contributed by atoms with van der Waals surface area (Å²) in [7, 11) is 1.69. The van der Waals surface area contributed by atoms with Crippen LogP contribution in [0.15, 0.2) is 11.6 Å². The van der Waals surface area contributed by atoms with E-state index >= 15 is 0 Å². The molecular formula is C13H20N4O3. The molecule has 0 N–H and O–H groups in total. The number of aromatic nitrogens is 4. The molecule has 20 heavy (non-hydrogen) atoms. The first kappa shape index (κ1) is 14.5. The van der Waals surface area contributed by atoms with Crippen LogP contribution >= 0.6 is 0 Å². The molecular weight excluding hydrogens is 260 g/mol. The van der Waals surface area contributed by atoms with Gasteiger partial charge in [0.05, 0.1) is 6.61 Å². The first-order valence-electron chi connectivity index (χ1n) is 6.75. The molecule has 7 heteroatoms. The van der Waals surface area contributed by atoms with Gasteiger partial charge in [-0.2, -0.15) is 4.68 Å². The molecule has 1 aromatic rings. The highest BCUT2D eigenvalue weighted by molar-refractivity contribution is 5.77. The molecule has 0 radical (unpaired) electrons. The molecule has 0 saturated carbocycles. The van der Waals surface area contributed by atoms with E-state index in [0.717, 1.165) is 12.8 Å². The minimum absolute atomic E-state index is 0.209. The Hall–Kier alpha value is -1.92. The van der Waals surface area contributed by atoms with Gasteiger partial charge in [-0.1, -0.05) is 16.7 Å². The molecule has 0 aliphatic heterocycles. The van der Waals surface area contributed by atoms with E-state index in [0.29, 0.717) is 19.0 Å². The topological polar surface area (TPSA) is 79.1 Å². The Bertz CT molecular complexity index is 511. The average Bonchev–Trinajstić information content (AvgIpc) is 2.84. The van der Waals surface area contributed by atoms with E-state index in [4.69, 9.17) is 9.47 Å². The van der Waals surface area contributed by atoms with E-state index in [1.54, 1.807) is 7.05 Å². The summed E-state index contributed by atoms with van der Waals surface area (Å²) in [6.07, 6.45) is 4.31. The minimum Gasteiger partial charge on any atom is -0.465 e. The number of allylic oxidation sites excluding steroid dienone is 2. The van der Waals surface area contributed by atoms with Crippen molar-refractivity contribution < 1.29 is 14.3 Å². The second-order valence-electron chi connectivity index (χ2n) is 5.13. The summed E-state index contributed by atoms with van der Waals surface area (Å²) in [5.74, 6) is -0.209. The fourth-order valence-electron chi connectivity index (χ4n) is 2.22. The number of carbonyl (C=O) groups is 1. The summed E-state index contributed by atoms with van der Waals surface area (Å²) in [6, 6.07) is 0.306. The molecule has 2 rings (SSSR count). The molecule has 0 amide bonds. The number of hydrogen-bond donors (Lipinski definition) is 0. The molecule has 1 aliphatic rings. The molecule has 0 bridgehead atoms. The molecule has 110 valence electrons. The molecule has 1 heterocycles. The molecule has 1 aliphatic carbocycles. The Balaban J connectivity index is 2.11. The lowest BCUT2D eigenvalue weighted by Gasteiger charge is -2.32. The van der Waals surface area contributed by atoms with Gasteiger partial charge in [-0.05, 0) is 43.5 Å². The Morgan fingerprint density at radius 1 is 1.55 bits per heavy atom. The number of ether oxygens (including phenoxy) is 2. The van der Waals surface area contributed by atoms with Crippen molar-refractivity contribution >= 4 is 5.97 Å². The van der Waals surface area contributed by atoms with Crippen LogP contribution in [-0.4, -0.2) is 39.4 Å². The van der Waals surface area contributed by atoms with E-state index < -0.39 is 5.41 Å². The predicted molar refractivity (Wildman–Crippen MR) is 71.0 cm³/mol. The van der Waals surface area contributed by atoms with Crippen LogP contribution in [0.25, 0.3) is 0 Å². The maximum Gasteiger partial charge on any atom is 0.335 e. The third-order valence-electron chi connectivity index (χ3n) is 3.61. The normalized spacial score (nSPS) is 22.2. The van der Waals surface area contributed by atoms with E-state index in [2.05, 4.69) is 28.5 Å².